The van der Waals surface area contributed by atoms with Crippen molar-refractivity contribution in [3.63, 3.8) is 0 Å². The highest BCUT2D eigenvalue weighted by Gasteiger charge is 2.23. The molecule has 1 aliphatic heterocycles. The summed E-state index contributed by atoms with van der Waals surface area (Å²) < 4.78 is 1.78. The maximum Gasteiger partial charge on any atom is 0.222 e. The second kappa shape index (κ2) is 7.62. The predicted molar refractivity (Wildman–Crippen MR) is 92.8 cm³/mol. The van der Waals surface area contributed by atoms with Gasteiger partial charge in [-0.25, -0.2) is 4.98 Å². The number of halogens is 2. The van der Waals surface area contributed by atoms with Gasteiger partial charge in [0.2, 0.25) is 5.95 Å². The fourth-order valence-corrected chi connectivity index (χ4v) is 2.57. The number of nitrogens with zero attached hydrogens (tertiary/aromatic N) is 5. The van der Waals surface area contributed by atoms with Crippen LogP contribution in [0.25, 0.3) is 11.4 Å². The van der Waals surface area contributed by atoms with Crippen molar-refractivity contribution in [1.29, 1.82) is 0 Å². The van der Waals surface area contributed by atoms with E-state index in [1.165, 1.54) is 0 Å². The van der Waals surface area contributed by atoms with E-state index in [-0.39, 0.29) is 24.8 Å². The Labute approximate surface area is 142 Å². The Morgan fingerprint density at radius 2 is 2.09 bits per heavy atom. The molecule has 0 saturated carbocycles. The molecule has 2 aromatic rings. The highest BCUT2D eigenvalue weighted by Crippen LogP contribution is 2.24. The van der Waals surface area contributed by atoms with E-state index in [1.807, 2.05) is 26.2 Å². The summed E-state index contributed by atoms with van der Waals surface area (Å²) in [6.45, 7) is 1.92. The van der Waals surface area contributed by atoms with Gasteiger partial charge in [-0.2, -0.15) is 10.1 Å². The quantitative estimate of drug-likeness (QED) is 0.866. The molecule has 3 heterocycles. The molecule has 1 saturated heterocycles. The molecule has 0 aliphatic carbocycles. The fourth-order valence-electron chi connectivity index (χ4n) is 2.57. The Bertz CT molecular complexity index is 616. The predicted octanol–water partition coefficient (Wildman–Crippen LogP) is 1.10. The van der Waals surface area contributed by atoms with Gasteiger partial charge < -0.3 is 16.0 Å². The molecule has 22 heavy (non-hydrogen) atoms. The molecular formula is C13H21Cl2N7. The van der Waals surface area contributed by atoms with Crippen LogP contribution in [-0.4, -0.2) is 45.9 Å². The van der Waals surface area contributed by atoms with E-state index in [0.717, 1.165) is 36.7 Å². The standard InChI is InChI=1S/C13H19N7.2ClH/c1-15-9-4-6-20(8-9)12-7-10(17-13(14)18-12)11-3-5-16-19(11)2;;/h3,5,7,9,15H,4,6,8H2,1-2H3,(H2,14,17,18);2*1H. The number of nitrogen functional groups attached to an aromatic ring is 1. The third-order valence-corrected chi connectivity index (χ3v) is 3.73. The summed E-state index contributed by atoms with van der Waals surface area (Å²) in [6.07, 6.45) is 2.86. The Hall–Kier alpha value is -1.57. The van der Waals surface area contributed by atoms with Gasteiger partial charge >= 0.3 is 0 Å². The SMILES string of the molecule is CNC1CCN(c2cc(-c3ccnn3C)nc(N)n2)C1.Cl.Cl. The van der Waals surface area contributed by atoms with Crippen molar-refractivity contribution in [1.82, 2.24) is 25.1 Å². The molecule has 0 aromatic carbocycles. The van der Waals surface area contributed by atoms with E-state index in [0.29, 0.717) is 12.0 Å². The van der Waals surface area contributed by atoms with Crippen LogP contribution in [0.15, 0.2) is 18.3 Å². The lowest BCUT2D eigenvalue weighted by Gasteiger charge is -2.18. The number of nitrogens with one attached hydrogen (secondary N) is 1. The van der Waals surface area contributed by atoms with Crippen molar-refractivity contribution in [2.75, 3.05) is 30.8 Å². The van der Waals surface area contributed by atoms with Crippen molar-refractivity contribution >= 4 is 36.6 Å². The van der Waals surface area contributed by atoms with Gasteiger partial charge in [-0.1, -0.05) is 0 Å². The molecule has 122 valence electrons. The van der Waals surface area contributed by atoms with Crippen LogP contribution in [0.2, 0.25) is 0 Å². The highest BCUT2D eigenvalue weighted by atomic mass is 35.5. The smallest absolute Gasteiger partial charge is 0.222 e. The zero-order valence-electron chi connectivity index (χ0n) is 12.6. The first kappa shape index (κ1) is 18.5. The maximum absolute atomic E-state index is 5.86. The summed E-state index contributed by atoms with van der Waals surface area (Å²) in [5.74, 6) is 1.18. The molecule has 3 rings (SSSR count). The molecule has 7 nitrogen and oxygen atoms in total. The Morgan fingerprint density at radius 1 is 1.32 bits per heavy atom. The van der Waals surface area contributed by atoms with E-state index < -0.39 is 0 Å². The third-order valence-electron chi connectivity index (χ3n) is 3.73. The number of hydrogen-bond donors (Lipinski definition) is 2. The number of rotatable bonds is 3. The summed E-state index contributed by atoms with van der Waals surface area (Å²) in [5.41, 5.74) is 7.60. The number of nitrogens with two attached hydrogens (primary N) is 1. The summed E-state index contributed by atoms with van der Waals surface area (Å²) in [4.78, 5) is 10.9. The Kier molecular flexibility index (Phi) is 6.40. The largest absolute Gasteiger partial charge is 0.368 e. The monoisotopic (exact) mass is 345 g/mol. The van der Waals surface area contributed by atoms with E-state index >= 15 is 0 Å². The molecule has 1 aliphatic rings. The number of anilines is 2. The van der Waals surface area contributed by atoms with Crippen LogP contribution in [0.5, 0.6) is 0 Å². The number of aromatic nitrogens is 4. The minimum atomic E-state index is 0. The van der Waals surface area contributed by atoms with Crippen molar-refractivity contribution in [2.24, 2.45) is 7.05 Å². The van der Waals surface area contributed by atoms with E-state index in [4.69, 9.17) is 5.73 Å². The van der Waals surface area contributed by atoms with Gasteiger partial charge in [0.05, 0.1) is 11.4 Å². The summed E-state index contributed by atoms with van der Waals surface area (Å²) in [5, 5.41) is 7.47. The van der Waals surface area contributed by atoms with Crippen molar-refractivity contribution in [3.05, 3.63) is 18.3 Å². The van der Waals surface area contributed by atoms with Crippen molar-refractivity contribution in [2.45, 2.75) is 12.5 Å². The lowest BCUT2D eigenvalue weighted by Crippen LogP contribution is -2.30. The lowest BCUT2D eigenvalue weighted by molar-refractivity contribution is 0.616. The van der Waals surface area contributed by atoms with Gasteiger partial charge in [-0.3, -0.25) is 4.68 Å². The first-order chi connectivity index (χ1) is 9.67. The second-order valence-electron chi connectivity index (χ2n) is 5.03. The Balaban J connectivity index is 0.00000121. The zero-order valence-corrected chi connectivity index (χ0v) is 14.2. The van der Waals surface area contributed by atoms with Crippen LogP contribution in [0.4, 0.5) is 11.8 Å². The molecule has 0 radical (unpaired) electrons. The van der Waals surface area contributed by atoms with Crippen LogP contribution in [-0.2, 0) is 7.05 Å². The molecule has 1 unspecified atom stereocenters. The third kappa shape index (κ3) is 3.60. The van der Waals surface area contributed by atoms with Gasteiger partial charge in [-0.15, -0.1) is 24.8 Å². The molecule has 1 fully saturated rings. The maximum atomic E-state index is 5.86. The number of aryl methyl sites for hydroxylation is 1. The van der Waals surface area contributed by atoms with Crippen LogP contribution >= 0.6 is 24.8 Å². The number of likely N-dealkylation sites (N-methyl/N-ethyl adjacent to an activating group) is 1. The molecule has 2 aromatic heterocycles. The Morgan fingerprint density at radius 3 is 2.68 bits per heavy atom. The van der Waals surface area contributed by atoms with Gasteiger partial charge in [0.25, 0.3) is 0 Å². The molecule has 0 spiro atoms. The van der Waals surface area contributed by atoms with E-state index in [2.05, 4.69) is 25.3 Å². The normalized spacial score (nSPS) is 17.0. The molecular weight excluding hydrogens is 325 g/mol. The molecule has 9 heteroatoms. The van der Waals surface area contributed by atoms with Gasteiger partial charge in [0.1, 0.15) is 5.82 Å². The average molecular weight is 346 g/mol. The van der Waals surface area contributed by atoms with Gasteiger partial charge in [0.15, 0.2) is 0 Å². The van der Waals surface area contributed by atoms with E-state index in [1.54, 1.807) is 10.9 Å². The zero-order chi connectivity index (χ0) is 14.1. The van der Waals surface area contributed by atoms with Crippen LogP contribution in [0.3, 0.4) is 0 Å². The minimum Gasteiger partial charge on any atom is -0.368 e. The first-order valence-electron chi connectivity index (χ1n) is 6.72. The van der Waals surface area contributed by atoms with Crippen molar-refractivity contribution < 1.29 is 0 Å². The molecule has 1 atom stereocenters. The second-order valence-corrected chi connectivity index (χ2v) is 5.03. The summed E-state index contributed by atoms with van der Waals surface area (Å²) >= 11 is 0. The molecule has 0 amide bonds. The van der Waals surface area contributed by atoms with Crippen LogP contribution in [0.1, 0.15) is 6.42 Å². The van der Waals surface area contributed by atoms with Crippen molar-refractivity contribution in [3.8, 4) is 11.4 Å². The first-order valence-corrected chi connectivity index (χ1v) is 6.72. The minimum absolute atomic E-state index is 0. The topological polar surface area (TPSA) is 84.9 Å². The van der Waals surface area contributed by atoms with Gasteiger partial charge in [-0.05, 0) is 19.5 Å². The van der Waals surface area contributed by atoms with E-state index in [9.17, 15) is 0 Å². The summed E-state index contributed by atoms with van der Waals surface area (Å²) in [6, 6.07) is 4.41. The lowest BCUT2D eigenvalue weighted by atomic mass is 10.3. The highest BCUT2D eigenvalue weighted by molar-refractivity contribution is 5.85. The van der Waals surface area contributed by atoms with Gasteiger partial charge in [0, 0.05) is 38.4 Å². The number of hydrogen-bond acceptors (Lipinski definition) is 6. The fraction of sp³-hybridized carbons (Fsp3) is 0.462. The average Bonchev–Trinajstić information content (AvgIpc) is 3.06. The summed E-state index contributed by atoms with van der Waals surface area (Å²) in [7, 11) is 3.88. The molecule has 0 bridgehead atoms. The van der Waals surface area contributed by atoms with Crippen LogP contribution < -0.4 is 16.0 Å². The van der Waals surface area contributed by atoms with Crippen LogP contribution in [0, 0.1) is 0 Å². The molecule has 3 N–H and O–H groups in total.